The van der Waals surface area contributed by atoms with Gasteiger partial charge < -0.3 is 20.9 Å². The molecule has 1 aliphatic carbocycles. The van der Waals surface area contributed by atoms with Gasteiger partial charge in [0.05, 0.1) is 18.2 Å². The molecule has 94 valence electrons. The fraction of sp³-hybridized carbons (Fsp3) is 0.636. The van der Waals surface area contributed by atoms with Crippen molar-refractivity contribution in [2.75, 3.05) is 17.7 Å². The lowest BCUT2D eigenvalue weighted by Crippen LogP contribution is -2.27. The first-order valence-electron chi connectivity index (χ1n) is 5.72. The van der Waals surface area contributed by atoms with Gasteiger partial charge in [-0.3, -0.25) is 0 Å². The summed E-state index contributed by atoms with van der Waals surface area (Å²) < 4.78 is 5.48. The second-order valence-corrected chi connectivity index (χ2v) is 4.67. The molecule has 1 aromatic heterocycles. The molecule has 6 nitrogen and oxygen atoms in total. The van der Waals surface area contributed by atoms with E-state index in [1.807, 2.05) is 13.8 Å². The molecule has 17 heavy (non-hydrogen) atoms. The molecule has 0 saturated heterocycles. The number of anilines is 2. The summed E-state index contributed by atoms with van der Waals surface area (Å²) in [7, 11) is 0. The highest BCUT2D eigenvalue weighted by atomic mass is 16.5. The lowest BCUT2D eigenvalue weighted by Gasteiger charge is -2.18. The molecule has 0 spiro atoms. The zero-order valence-corrected chi connectivity index (χ0v) is 10.1. The molecule has 1 saturated carbocycles. The molecule has 0 amide bonds. The first-order chi connectivity index (χ1) is 8.06. The SMILES string of the molecule is CC(C)Oc1ncnc(NC2(CO)CC2)c1N. The molecule has 4 N–H and O–H groups in total. The van der Waals surface area contributed by atoms with E-state index < -0.39 is 0 Å². The van der Waals surface area contributed by atoms with E-state index in [9.17, 15) is 5.11 Å². The zero-order valence-electron chi connectivity index (χ0n) is 10.1. The highest BCUT2D eigenvalue weighted by molar-refractivity contribution is 5.67. The maximum absolute atomic E-state index is 9.25. The second-order valence-electron chi connectivity index (χ2n) is 4.67. The smallest absolute Gasteiger partial charge is 0.242 e. The topological polar surface area (TPSA) is 93.3 Å². The fourth-order valence-electron chi connectivity index (χ4n) is 1.52. The van der Waals surface area contributed by atoms with Crippen molar-refractivity contribution in [3.63, 3.8) is 0 Å². The number of ether oxygens (including phenoxy) is 1. The molecule has 0 bridgehead atoms. The Morgan fingerprint density at radius 1 is 1.53 bits per heavy atom. The highest BCUT2D eigenvalue weighted by Gasteiger charge is 2.42. The van der Waals surface area contributed by atoms with Gasteiger partial charge in [-0.25, -0.2) is 4.98 Å². The van der Waals surface area contributed by atoms with Crippen LogP contribution in [-0.2, 0) is 0 Å². The number of hydrogen-bond donors (Lipinski definition) is 3. The first-order valence-corrected chi connectivity index (χ1v) is 5.72. The van der Waals surface area contributed by atoms with Crippen LogP contribution in [0.3, 0.4) is 0 Å². The van der Waals surface area contributed by atoms with Crippen LogP contribution in [0.15, 0.2) is 6.33 Å². The molecule has 1 heterocycles. The average Bonchev–Trinajstić information content (AvgIpc) is 3.04. The molecule has 0 aliphatic heterocycles. The van der Waals surface area contributed by atoms with Gasteiger partial charge in [-0.15, -0.1) is 0 Å². The molecule has 0 aromatic carbocycles. The second kappa shape index (κ2) is 4.37. The summed E-state index contributed by atoms with van der Waals surface area (Å²) >= 11 is 0. The van der Waals surface area contributed by atoms with E-state index in [1.54, 1.807) is 0 Å². The van der Waals surface area contributed by atoms with Crippen LogP contribution in [-0.4, -0.2) is 33.3 Å². The Balaban J connectivity index is 2.17. The molecule has 6 heteroatoms. The van der Waals surface area contributed by atoms with Crippen molar-refractivity contribution in [3.8, 4) is 5.88 Å². The Kier molecular flexibility index (Phi) is 3.06. The lowest BCUT2D eigenvalue weighted by molar-refractivity contribution is 0.233. The number of aromatic nitrogens is 2. The summed E-state index contributed by atoms with van der Waals surface area (Å²) in [6.45, 7) is 3.90. The lowest BCUT2D eigenvalue weighted by atomic mass is 10.3. The van der Waals surface area contributed by atoms with Gasteiger partial charge in [0.25, 0.3) is 0 Å². The van der Waals surface area contributed by atoms with E-state index in [4.69, 9.17) is 10.5 Å². The molecule has 2 rings (SSSR count). The predicted molar refractivity (Wildman–Crippen MR) is 64.9 cm³/mol. The zero-order chi connectivity index (χ0) is 12.5. The van der Waals surface area contributed by atoms with Crippen molar-refractivity contribution in [3.05, 3.63) is 6.33 Å². The summed E-state index contributed by atoms with van der Waals surface area (Å²) in [5.74, 6) is 0.911. The van der Waals surface area contributed by atoms with Gasteiger partial charge in [0.2, 0.25) is 5.88 Å². The summed E-state index contributed by atoms with van der Waals surface area (Å²) in [4.78, 5) is 8.08. The van der Waals surface area contributed by atoms with Gasteiger partial charge >= 0.3 is 0 Å². The minimum atomic E-state index is -0.252. The Morgan fingerprint density at radius 3 is 2.76 bits per heavy atom. The van der Waals surface area contributed by atoms with Crippen molar-refractivity contribution in [2.45, 2.75) is 38.3 Å². The quantitative estimate of drug-likeness (QED) is 0.702. The van der Waals surface area contributed by atoms with E-state index >= 15 is 0 Å². The number of nitrogen functional groups attached to an aromatic ring is 1. The Labute approximate surface area is 100 Å². The number of aliphatic hydroxyl groups excluding tert-OH is 1. The van der Waals surface area contributed by atoms with Crippen molar-refractivity contribution in [1.29, 1.82) is 0 Å². The molecule has 0 atom stereocenters. The normalized spacial score (nSPS) is 16.9. The standard InChI is InChI=1S/C11H18N4O2/c1-7(2)17-10-8(12)9(13-6-14-10)15-11(5-16)3-4-11/h6-7,16H,3-5,12H2,1-2H3,(H,13,14,15). The summed E-state index contributed by atoms with van der Waals surface area (Å²) in [5.41, 5.74) is 6.06. The van der Waals surface area contributed by atoms with Crippen molar-refractivity contribution in [1.82, 2.24) is 9.97 Å². The minimum absolute atomic E-state index is 0.00720. The average molecular weight is 238 g/mol. The summed E-state index contributed by atoms with van der Waals surface area (Å²) in [5, 5.41) is 12.4. The molecule has 1 fully saturated rings. The third kappa shape index (κ3) is 2.58. The van der Waals surface area contributed by atoms with Gasteiger partial charge in [-0.05, 0) is 26.7 Å². The highest BCUT2D eigenvalue weighted by Crippen LogP contribution is 2.40. The summed E-state index contributed by atoms with van der Waals surface area (Å²) in [6.07, 6.45) is 3.26. The van der Waals surface area contributed by atoms with Crippen LogP contribution in [0.1, 0.15) is 26.7 Å². The maximum atomic E-state index is 9.25. The molecule has 1 aromatic rings. The van der Waals surface area contributed by atoms with E-state index in [0.29, 0.717) is 17.4 Å². The Bertz CT molecular complexity index is 404. The predicted octanol–water partition coefficient (Wildman–Crippen LogP) is 0.783. The van der Waals surface area contributed by atoms with Crippen LogP contribution in [0, 0.1) is 0 Å². The molecule has 0 unspecified atom stereocenters. The minimum Gasteiger partial charge on any atom is -0.473 e. The van der Waals surface area contributed by atoms with Crippen LogP contribution in [0.5, 0.6) is 5.88 Å². The number of aliphatic hydroxyl groups is 1. The van der Waals surface area contributed by atoms with Gasteiger partial charge in [0, 0.05) is 0 Å². The first kappa shape index (κ1) is 11.9. The number of rotatable bonds is 5. The molecule has 1 aliphatic rings. The van der Waals surface area contributed by atoms with E-state index in [2.05, 4.69) is 15.3 Å². The van der Waals surface area contributed by atoms with Crippen LogP contribution in [0.25, 0.3) is 0 Å². The Hall–Kier alpha value is -1.56. The van der Waals surface area contributed by atoms with E-state index in [-0.39, 0.29) is 18.2 Å². The van der Waals surface area contributed by atoms with Crippen LogP contribution < -0.4 is 15.8 Å². The van der Waals surface area contributed by atoms with Crippen molar-refractivity contribution in [2.24, 2.45) is 0 Å². The molecule has 0 radical (unpaired) electrons. The number of nitrogens with two attached hydrogens (primary N) is 1. The molecular weight excluding hydrogens is 220 g/mol. The number of nitrogens with one attached hydrogen (secondary N) is 1. The third-order valence-electron chi connectivity index (χ3n) is 2.73. The van der Waals surface area contributed by atoms with Crippen LogP contribution >= 0.6 is 0 Å². The maximum Gasteiger partial charge on any atom is 0.242 e. The number of nitrogens with zero attached hydrogens (tertiary/aromatic N) is 2. The van der Waals surface area contributed by atoms with Gasteiger partial charge in [0.1, 0.15) is 12.0 Å². The van der Waals surface area contributed by atoms with Gasteiger partial charge in [0.15, 0.2) is 5.82 Å². The van der Waals surface area contributed by atoms with Crippen molar-refractivity contribution >= 4 is 11.5 Å². The van der Waals surface area contributed by atoms with Crippen molar-refractivity contribution < 1.29 is 9.84 Å². The third-order valence-corrected chi connectivity index (χ3v) is 2.73. The van der Waals surface area contributed by atoms with Gasteiger partial charge in [-0.2, -0.15) is 4.98 Å². The largest absolute Gasteiger partial charge is 0.473 e. The summed E-state index contributed by atoms with van der Waals surface area (Å²) in [6, 6.07) is 0. The molecular formula is C11H18N4O2. The number of hydrogen-bond acceptors (Lipinski definition) is 6. The van der Waals surface area contributed by atoms with Crippen LogP contribution in [0.4, 0.5) is 11.5 Å². The fourth-order valence-corrected chi connectivity index (χ4v) is 1.52. The monoisotopic (exact) mass is 238 g/mol. The van der Waals surface area contributed by atoms with Gasteiger partial charge in [-0.1, -0.05) is 0 Å². The Morgan fingerprint density at radius 2 is 2.24 bits per heavy atom. The van der Waals surface area contributed by atoms with E-state index in [0.717, 1.165) is 12.8 Å². The van der Waals surface area contributed by atoms with E-state index in [1.165, 1.54) is 6.33 Å². The van der Waals surface area contributed by atoms with Crippen LogP contribution in [0.2, 0.25) is 0 Å².